The van der Waals surface area contributed by atoms with Crippen molar-refractivity contribution < 1.29 is 37.1 Å². The third-order valence-electron chi connectivity index (χ3n) is 2.94. The first-order chi connectivity index (χ1) is 11.1. The Hall–Kier alpha value is -2.01. The fourth-order valence-corrected chi connectivity index (χ4v) is 2.35. The van der Waals surface area contributed by atoms with Crippen LogP contribution in [0.2, 0.25) is 0 Å². The van der Waals surface area contributed by atoms with E-state index in [0.29, 0.717) is 5.56 Å². The van der Waals surface area contributed by atoms with Crippen LogP contribution in [-0.4, -0.2) is 49.7 Å². The first kappa shape index (κ1) is 20.0. The van der Waals surface area contributed by atoms with Gasteiger partial charge in [0.2, 0.25) is 5.91 Å². The van der Waals surface area contributed by atoms with Crippen LogP contribution < -0.4 is 10.1 Å². The van der Waals surface area contributed by atoms with Gasteiger partial charge in [0.05, 0.1) is 19.3 Å². The van der Waals surface area contributed by atoms with Crippen molar-refractivity contribution in [3.05, 3.63) is 29.8 Å². The molecule has 0 heterocycles. The third-order valence-corrected chi connectivity index (χ3v) is 4.15. The first-order valence-corrected chi connectivity index (χ1v) is 8.44. The first-order valence-electron chi connectivity index (χ1n) is 6.87. The monoisotopic (exact) mass is 361 g/mol. The van der Waals surface area contributed by atoms with Gasteiger partial charge in [-0.2, -0.15) is 8.42 Å². The average Bonchev–Trinajstić information content (AvgIpc) is 2.51. The molecule has 0 aliphatic carbocycles. The smallest absolute Gasteiger partial charge is 0.312 e. The third kappa shape index (κ3) is 6.62. The highest BCUT2D eigenvalue weighted by atomic mass is 32.2. The number of benzene rings is 1. The molecular formula is C14H19NO8S. The van der Waals surface area contributed by atoms with E-state index in [2.05, 4.69) is 9.50 Å². The summed E-state index contributed by atoms with van der Waals surface area (Å²) in [6.07, 6.45) is -2.18. The molecule has 134 valence electrons. The van der Waals surface area contributed by atoms with Crippen LogP contribution in [0.15, 0.2) is 24.3 Å². The lowest BCUT2D eigenvalue weighted by Crippen LogP contribution is -2.34. The molecule has 1 aromatic carbocycles. The number of aliphatic hydroxyl groups is 2. The molecular weight excluding hydrogens is 342 g/mol. The van der Waals surface area contributed by atoms with Gasteiger partial charge in [-0.3, -0.25) is 13.8 Å². The van der Waals surface area contributed by atoms with Crippen molar-refractivity contribution in [3.8, 4) is 5.75 Å². The van der Waals surface area contributed by atoms with Crippen LogP contribution in [0.25, 0.3) is 0 Å². The number of hydrogen-bond acceptors (Lipinski definition) is 8. The second-order valence-electron chi connectivity index (χ2n) is 4.81. The number of nitrogens with one attached hydrogen (secondary N) is 1. The number of esters is 1. The van der Waals surface area contributed by atoms with E-state index in [0.717, 1.165) is 7.11 Å². The fraction of sp³-hybridized carbons (Fsp3) is 0.429. The maximum Gasteiger partial charge on any atom is 0.312 e. The largest absolute Gasteiger partial charge is 0.427 e. The molecule has 0 fully saturated rings. The molecule has 1 rings (SSSR count). The lowest BCUT2D eigenvalue weighted by molar-refractivity contribution is -0.134. The van der Waals surface area contributed by atoms with Gasteiger partial charge in [-0.1, -0.05) is 12.1 Å². The van der Waals surface area contributed by atoms with Gasteiger partial charge >= 0.3 is 5.97 Å². The minimum Gasteiger partial charge on any atom is -0.427 e. The van der Waals surface area contributed by atoms with Crippen LogP contribution in [0.1, 0.15) is 24.9 Å². The molecule has 1 amide bonds. The molecule has 0 saturated heterocycles. The zero-order valence-corrected chi connectivity index (χ0v) is 13.9. The van der Waals surface area contributed by atoms with Gasteiger partial charge in [-0.25, -0.2) is 0 Å². The van der Waals surface area contributed by atoms with Crippen LogP contribution in [0.4, 0.5) is 0 Å². The molecule has 24 heavy (non-hydrogen) atoms. The molecule has 1 unspecified atom stereocenters. The van der Waals surface area contributed by atoms with E-state index < -0.39 is 40.1 Å². The Morgan fingerprint density at radius 3 is 2.25 bits per heavy atom. The van der Waals surface area contributed by atoms with Crippen molar-refractivity contribution >= 4 is 22.0 Å². The zero-order chi connectivity index (χ0) is 18.3. The minimum atomic E-state index is -3.74. The highest BCUT2D eigenvalue weighted by Crippen LogP contribution is 2.20. The predicted octanol–water partition coefficient (Wildman–Crippen LogP) is -0.554. The summed E-state index contributed by atoms with van der Waals surface area (Å²) in [7, 11) is -2.74. The van der Waals surface area contributed by atoms with Crippen molar-refractivity contribution in [2.24, 2.45) is 0 Å². The number of carbonyl (C=O) groups excluding carboxylic acids is 2. The molecule has 0 aliphatic rings. The molecule has 0 spiro atoms. The lowest BCUT2D eigenvalue weighted by atomic mass is 10.1. The Bertz CT molecular complexity index is 669. The molecule has 0 aromatic heterocycles. The molecule has 0 radical (unpaired) electrons. The minimum absolute atomic E-state index is 0.146. The van der Waals surface area contributed by atoms with E-state index >= 15 is 0 Å². The van der Waals surface area contributed by atoms with Gasteiger partial charge in [0.1, 0.15) is 11.8 Å². The van der Waals surface area contributed by atoms with Gasteiger partial charge in [-0.15, -0.1) is 0 Å². The Labute approximate surface area is 139 Å². The van der Waals surface area contributed by atoms with Crippen molar-refractivity contribution in [2.45, 2.75) is 25.7 Å². The Morgan fingerprint density at radius 1 is 1.21 bits per heavy atom. The topological polar surface area (TPSA) is 139 Å². The Morgan fingerprint density at radius 2 is 1.79 bits per heavy atom. The second-order valence-corrected chi connectivity index (χ2v) is 6.67. The van der Waals surface area contributed by atoms with Crippen LogP contribution in [0.3, 0.4) is 0 Å². The number of ether oxygens (including phenoxy) is 1. The van der Waals surface area contributed by atoms with E-state index in [9.17, 15) is 28.2 Å². The summed E-state index contributed by atoms with van der Waals surface area (Å²) >= 11 is 0. The number of aliphatic hydroxyl groups excluding tert-OH is 1. The lowest BCUT2D eigenvalue weighted by Gasteiger charge is -2.20. The molecule has 1 aromatic rings. The van der Waals surface area contributed by atoms with E-state index in [1.54, 1.807) is 0 Å². The van der Waals surface area contributed by atoms with E-state index in [-0.39, 0.29) is 12.2 Å². The van der Waals surface area contributed by atoms with Crippen molar-refractivity contribution in [2.75, 3.05) is 12.9 Å². The summed E-state index contributed by atoms with van der Waals surface area (Å²) < 4.78 is 31.4. The summed E-state index contributed by atoms with van der Waals surface area (Å²) in [5.74, 6) is -1.55. The van der Waals surface area contributed by atoms with Gasteiger partial charge < -0.3 is 20.3 Å². The van der Waals surface area contributed by atoms with Crippen LogP contribution in [-0.2, 0) is 23.9 Å². The standard InChI is InChI=1S/C14H19NO8S/c1-9(16)15-13(14(18)19)10-3-5-11(6-4-10)23-12(17)7-8-24(20,21)22-2/h3-6,13-14,18-19H,7-8H2,1-2H3,(H,15,16). The van der Waals surface area contributed by atoms with Crippen LogP contribution in [0.5, 0.6) is 5.75 Å². The molecule has 0 aliphatic heterocycles. The quantitative estimate of drug-likeness (QED) is 0.242. The predicted molar refractivity (Wildman–Crippen MR) is 82.3 cm³/mol. The van der Waals surface area contributed by atoms with Crippen molar-refractivity contribution in [1.29, 1.82) is 0 Å². The molecule has 1 atom stereocenters. The van der Waals surface area contributed by atoms with Gasteiger partial charge in [0.25, 0.3) is 10.1 Å². The molecule has 10 heteroatoms. The summed E-state index contributed by atoms with van der Waals surface area (Å²) in [6.45, 7) is 1.24. The van der Waals surface area contributed by atoms with Crippen LogP contribution in [0, 0.1) is 0 Å². The van der Waals surface area contributed by atoms with E-state index in [1.165, 1.54) is 31.2 Å². The number of rotatable bonds is 8. The van der Waals surface area contributed by atoms with E-state index in [1.807, 2.05) is 0 Å². The molecule has 0 saturated carbocycles. The average molecular weight is 361 g/mol. The van der Waals surface area contributed by atoms with Crippen LogP contribution >= 0.6 is 0 Å². The maximum absolute atomic E-state index is 11.6. The van der Waals surface area contributed by atoms with Gasteiger partial charge in [0.15, 0.2) is 6.29 Å². The van der Waals surface area contributed by atoms with Crippen molar-refractivity contribution in [1.82, 2.24) is 5.32 Å². The molecule has 0 bridgehead atoms. The summed E-state index contributed by atoms with van der Waals surface area (Å²) in [6, 6.07) is 4.62. The number of hydrogen-bond donors (Lipinski definition) is 3. The summed E-state index contributed by atoms with van der Waals surface area (Å²) in [5, 5.41) is 20.9. The summed E-state index contributed by atoms with van der Waals surface area (Å²) in [5.41, 5.74) is 0.391. The second kappa shape index (κ2) is 8.73. The normalized spacial score (nSPS) is 12.7. The van der Waals surface area contributed by atoms with Gasteiger partial charge in [0, 0.05) is 6.92 Å². The highest BCUT2D eigenvalue weighted by Gasteiger charge is 2.20. The van der Waals surface area contributed by atoms with Crippen molar-refractivity contribution in [3.63, 3.8) is 0 Å². The highest BCUT2D eigenvalue weighted by molar-refractivity contribution is 7.86. The zero-order valence-electron chi connectivity index (χ0n) is 13.1. The summed E-state index contributed by atoms with van der Waals surface area (Å²) in [4.78, 5) is 22.6. The number of carbonyl (C=O) groups is 2. The van der Waals surface area contributed by atoms with E-state index in [4.69, 9.17) is 4.74 Å². The Kier molecular flexibility index (Phi) is 7.29. The SMILES string of the molecule is COS(=O)(=O)CCC(=O)Oc1ccc(C(NC(C)=O)C(O)O)cc1. The Balaban J connectivity index is 2.70. The van der Waals surface area contributed by atoms with Gasteiger partial charge in [-0.05, 0) is 17.7 Å². The molecule has 9 nitrogen and oxygen atoms in total. The number of amides is 1. The fourth-order valence-electron chi connectivity index (χ4n) is 1.77. The maximum atomic E-state index is 11.6. The molecule has 3 N–H and O–H groups in total.